The molecule has 0 amide bonds. The quantitative estimate of drug-likeness (QED) is 0.511. The van der Waals surface area contributed by atoms with Crippen LogP contribution >= 0.6 is 0 Å². The molecule has 1 atom stereocenters. The summed E-state index contributed by atoms with van der Waals surface area (Å²) >= 11 is 0. The Morgan fingerprint density at radius 3 is 2.81 bits per heavy atom. The number of nitrogens with zero attached hydrogens (tertiary/aromatic N) is 1. The Morgan fingerprint density at radius 1 is 1.22 bits per heavy atom. The van der Waals surface area contributed by atoms with Crippen molar-refractivity contribution in [3.63, 3.8) is 0 Å². The van der Waals surface area contributed by atoms with Crippen molar-refractivity contribution < 1.29 is 14.2 Å². The smallest absolute Gasteiger partial charge is 0.220 e. The minimum absolute atomic E-state index is 0.0441. The summed E-state index contributed by atoms with van der Waals surface area (Å²) < 4.78 is 17.2. The molecule has 0 spiro atoms. The van der Waals surface area contributed by atoms with E-state index in [1.807, 2.05) is 19.9 Å². The third-order valence-electron chi connectivity index (χ3n) is 4.98. The van der Waals surface area contributed by atoms with Crippen molar-refractivity contribution >= 4 is 11.6 Å². The highest BCUT2D eigenvalue weighted by molar-refractivity contribution is 5.99. The van der Waals surface area contributed by atoms with Crippen LogP contribution in [0, 0.1) is 0 Å². The highest BCUT2D eigenvalue weighted by Gasteiger charge is 2.23. The lowest BCUT2D eigenvalue weighted by atomic mass is 10.0. The standard InChI is InChI=1S/C23H29NO3/c1-5-26-21-14-13-18(15-22(21)27-6-2)23(25-4)24-16(3)19-11-7-9-17-10-8-12-20(17)19/h7,9,11,13,15,21H,3,5-6,8,10,12,14H2,1-2,4H3/b24-23-. The fraction of sp³-hybridized carbons (Fsp3) is 0.435. The molecule has 0 aliphatic heterocycles. The molecule has 4 heteroatoms. The molecule has 0 heterocycles. The van der Waals surface area contributed by atoms with Crippen molar-refractivity contribution in [1.82, 2.24) is 0 Å². The van der Waals surface area contributed by atoms with Gasteiger partial charge in [-0.2, -0.15) is 0 Å². The molecule has 0 N–H and O–H groups in total. The maximum atomic E-state index is 5.79. The Bertz CT molecular complexity index is 789. The first-order valence-corrected chi connectivity index (χ1v) is 9.77. The minimum atomic E-state index is -0.0441. The van der Waals surface area contributed by atoms with Crippen LogP contribution in [-0.4, -0.2) is 32.3 Å². The van der Waals surface area contributed by atoms with Crippen LogP contribution in [-0.2, 0) is 27.1 Å². The van der Waals surface area contributed by atoms with Gasteiger partial charge in [-0.15, -0.1) is 0 Å². The monoisotopic (exact) mass is 367 g/mol. The second-order valence-electron chi connectivity index (χ2n) is 6.68. The predicted molar refractivity (Wildman–Crippen MR) is 110 cm³/mol. The first-order chi connectivity index (χ1) is 13.2. The molecular weight excluding hydrogens is 338 g/mol. The number of methoxy groups -OCH3 is 1. The number of ether oxygens (including phenoxy) is 3. The summed E-state index contributed by atoms with van der Waals surface area (Å²) in [5.74, 6) is 1.38. The lowest BCUT2D eigenvalue weighted by Crippen LogP contribution is -2.22. The van der Waals surface area contributed by atoms with E-state index in [1.54, 1.807) is 7.11 Å². The van der Waals surface area contributed by atoms with E-state index in [4.69, 9.17) is 19.2 Å². The molecule has 0 aromatic heterocycles. The van der Waals surface area contributed by atoms with Crippen molar-refractivity contribution in [2.24, 2.45) is 4.99 Å². The zero-order valence-corrected chi connectivity index (χ0v) is 16.6. The van der Waals surface area contributed by atoms with E-state index in [0.717, 1.165) is 41.9 Å². The second-order valence-corrected chi connectivity index (χ2v) is 6.68. The molecule has 2 aliphatic carbocycles. The molecule has 144 valence electrons. The Balaban J connectivity index is 1.86. The molecule has 27 heavy (non-hydrogen) atoms. The van der Waals surface area contributed by atoms with Crippen LogP contribution < -0.4 is 0 Å². The van der Waals surface area contributed by atoms with Crippen molar-refractivity contribution in [2.45, 2.75) is 45.6 Å². The molecule has 2 aliphatic rings. The van der Waals surface area contributed by atoms with Gasteiger partial charge in [-0.25, -0.2) is 4.99 Å². The summed E-state index contributed by atoms with van der Waals surface area (Å²) in [6.45, 7) is 9.44. The number of hydrogen-bond acceptors (Lipinski definition) is 4. The van der Waals surface area contributed by atoms with Crippen LogP contribution in [0.25, 0.3) is 5.70 Å². The van der Waals surface area contributed by atoms with E-state index in [0.29, 0.717) is 19.1 Å². The molecule has 4 nitrogen and oxygen atoms in total. The SMILES string of the molecule is C=C(/N=C(\OC)C1=CCC(OCC)C(OCC)=C1)c1cccc2c1CCC2. The Morgan fingerprint density at radius 2 is 2.07 bits per heavy atom. The number of aliphatic imine (C=N–C) groups is 1. The average molecular weight is 367 g/mol. The van der Waals surface area contributed by atoms with Crippen LogP contribution in [0.5, 0.6) is 0 Å². The summed E-state index contributed by atoms with van der Waals surface area (Å²) in [5.41, 5.74) is 5.56. The van der Waals surface area contributed by atoms with Crippen molar-refractivity contribution in [1.29, 1.82) is 0 Å². The molecule has 1 unspecified atom stereocenters. The molecule has 0 bridgehead atoms. The normalized spacial score (nSPS) is 19.2. The Hall–Kier alpha value is -2.33. The van der Waals surface area contributed by atoms with Crippen molar-refractivity contribution in [3.8, 4) is 0 Å². The molecule has 0 fully saturated rings. The van der Waals surface area contributed by atoms with E-state index < -0.39 is 0 Å². The van der Waals surface area contributed by atoms with Gasteiger partial charge in [-0.3, -0.25) is 0 Å². The number of hydrogen-bond donors (Lipinski definition) is 0. The molecule has 0 saturated heterocycles. The first-order valence-electron chi connectivity index (χ1n) is 9.77. The molecule has 0 radical (unpaired) electrons. The average Bonchev–Trinajstić information content (AvgIpc) is 3.16. The highest BCUT2D eigenvalue weighted by Crippen LogP contribution is 2.30. The second kappa shape index (κ2) is 9.05. The van der Waals surface area contributed by atoms with Crippen LogP contribution in [0.3, 0.4) is 0 Å². The molecule has 0 saturated carbocycles. The van der Waals surface area contributed by atoms with Crippen LogP contribution in [0.1, 0.15) is 43.4 Å². The first kappa shape index (κ1) is 19.4. The van der Waals surface area contributed by atoms with Gasteiger partial charge in [-0.1, -0.05) is 30.9 Å². The summed E-state index contributed by atoms with van der Waals surface area (Å²) in [6.07, 6.45) is 8.19. The van der Waals surface area contributed by atoms with Gasteiger partial charge in [0.1, 0.15) is 11.9 Å². The number of benzene rings is 1. The molecular formula is C23H29NO3. The van der Waals surface area contributed by atoms with E-state index in [1.165, 1.54) is 17.5 Å². The van der Waals surface area contributed by atoms with Crippen LogP contribution in [0.4, 0.5) is 0 Å². The van der Waals surface area contributed by atoms with E-state index >= 15 is 0 Å². The predicted octanol–water partition coefficient (Wildman–Crippen LogP) is 4.85. The highest BCUT2D eigenvalue weighted by atomic mass is 16.5. The molecule has 1 aromatic carbocycles. The Labute approximate surface area is 162 Å². The van der Waals surface area contributed by atoms with Gasteiger partial charge in [0.25, 0.3) is 0 Å². The van der Waals surface area contributed by atoms with Gasteiger partial charge in [0.15, 0.2) is 0 Å². The van der Waals surface area contributed by atoms with Crippen molar-refractivity contribution in [2.75, 3.05) is 20.3 Å². The lowest BCUT2D eigenvalue weighted by Gasteiger charge is -2.23. The van der Waals surface area contributed by atoms with Gasteiger partial charge in [0.05, 0.1) is 19.4 Å². The topological polar surface area (TPSA) is 40.0 Å². The fourth-order valence-corrected chi connectivity index (χ4v) is 3.76. The van der Waals surface area contributed by atoms with Gasteiger partial charge in [0, 0.05) is 17.7 Å². The van der Waals surface area contributed by atoms with E-state index in [9.17, 15) is 0 Å². The summed E-state index contributed by atoms with van der Waals surface area (Å²) in [5, 5.41) is 0. The molecule has 1 aromatic rings. The maximum Gasteiger partial charge on any atom is 0.220 e. The number of fused-ring (bicyclic) bond motifs is 1. The third-order valence-corrected chi connectivity index (χ3v) is 4.98. The molecule has 3 rings (SSSR count). The van der Waals surface area contributed by atoms with Crippen molar-refractivity contribution in [3.05, 3.63) is 65.0 Å². The fourth-order valence-electron chi connectivity index (χ4n) is 3.76. The lowest BCUT2D eigenvalue weighted by molar-refractivity contribution is 0.0389. The number of rotatable bonds is 7. The minimum Gasteiger partial charge on any atom is -0.495 e. The van der Waals surface area contributed by atoms with Crippen LogP contribution in [0.2, 0.25) is 0 Å². The van der Waals surface area contributed by atoms with Gasteiger partial charge in [0.2, 0.25) is 5.90 Å². The van der Waals surface area contributed by atoms with E-state index in [-0.39, 0.29) is 6.10 Å². The largest absolute Gasteiger partial charge is 0.495 e. The van der Waals surface area contributed by atoms with Gasteiger partial charge < -0.3 is 14.2 Å². The summed E-state index contributed by atoms with van der Waals surface area (Å²) in [7, 11) is 1.64. The summed E-state index contributed by atoms with van der Waals surface area (Å²) in [6, 6.07) is 6.39. The van der Waals surface area contributed by atoms with Crippen LogP contribution in [0.15, 0.2) is 53.3 Å². The van der Waals surface area contributed by atoms with Gasteiger partial charge in [-0.05, 0) is 56.7 Å². The Kier molecular flexibility index (Phi) is 6.51. The van der Waals surface area contributed by atoms with Gasteiger partial charge >= 0.3 is 0 Å². The zero-order chi connectivity index (χ0) is 19.2. The van der Waals surface area contributed by atoms with E-state index in [2.05, 4.69) is 30.9 Å². The third kappa shape index (κ3) is 4.33. The maximum absolute atomic E-state index is 5.79. The zero-order valence-electron chi connectivity index (χ0n) is 16.6. The summed E-state index contributed by atoms with van der Waals surface area (Å²) in [4.78, 5) is 4.72. The number of aryl methyl sites for hydroxylation is 1.